The van der Waals surface area contributed by atoms with Crippen molar-refractivity contribution in [1.82, 2.24) is 9.47 Å². The summed E-state index contributed by atoms with van der Waals surface area (Å²) in [5.41, 5.74) is 1.87. The number of amides is 3. The summed E-state index contributed by atoms with van der Waals surface area (Å²) in [5, 5.41) is 2.67. The number of carbonyl (C=O) groups is 3. The lowest BCUT2D eigenvalue weighted by molar-refractivity contribution is -0.122. The Balaban J connectivity index is 1.50. The third kappa shape index (κ3) is 4.44. The summed E-state index contributed by atoms with van der Waals surface area (Å²) in [4.78, 5) is 54.2. The Morgan fingerprint density at radius 2 is 1.72 bits per heavy atom. The second-order valence-electron chi connectivity index (χ2n) is 8.64. The Bertz CT molecular complexity index is 1100. The van der Waals surface area contributed by atoms with Gasteiger partial charge in [0.25, 0.3) is 11.5 Å². The first kappa shape index (κ1) is 21.8. The number of aryl methyl sites for hydroxylation is 2. The number of anilines is 2. The van der Waals surface area contributed by atoms with Gasteiger partial charge in [0, 0.05) is 45.0 Å². The molecule has 2 aliphatic heterocycles. The minimum Gasteiger partial charge on any atom is -0.339 e. The van der Waals surface area contributed by atoms with Gasteiger partial charge in [0.1, 0.15) is 5.69 Å². The van der Waals surface area contributed by atoms with Crippen LogP contribution in [0.3, 0.4) is 0 Å². The quantitative estimate of drug-likeness (QED) is 0.796. The first-order chi connectivity index (χ1) is 15.3. The first-order valence-corrected chi connectivity index (χ1v) is 11.0. The standard InChI is InChI=1S/C24H28N4O4/c1-16-6-8-19(9-7-16)28-15-17(13-21(28)29)22(30)25-20-12-18(14-26(2)24(20)32)23(31)27-10-4-3-5-11-27/h6-9,12,14,17H,3-5,10-11,13,15H2,1-2H3,(H,25,30). The van der Waals surface area contributed by atoms with E-state index in [4.69, 9.17) is 0 Å². The maximum Gasteiger partial charge on any atom is 0.274 e. The van der Waals surface area contributed by atoms with Crippen molar-refractivity contribution in [2.45, 2.75) is 32.6 Å². The number of nitrogens with one attached hydrogen (secondary N) is 1. The van der Waals surface area contributed by atoms with Crippen molar-refractivity contribution in [3.63, 3.8) is 0 Å². The molecule has 2 aliphatic rings. The Morgan fingerprint density at radius 3 is 2.41 bits per heavy atom. The average molecular weight is 437 g/mol. The maximum absolute atomic E-state index is 12.9. The highest BCUT2D eigenvalue weighted by Crippen LogP contribution is 2.26. The van der Waals surface area contributed by atoms with Gasteiger partial charge in [0.15, 0.2) is 0 Å². The molecule has 8 heteroatoms. The van der Waals surface area contributed by atoms with Crippen molar-refractivity contribution in [2.24, 2.45) is 13.0 Å². The molecule has 2 aromatic rings. The van der Waals surface area contributed by atoms with Crippen LogP contribution in [0, 0.1) is 12.8 Å². The van der Waals surface area contributed by atoms with Crippen LogP contribution in [0.2, 0.25) is 0 Å². The minimum absolute atomic E-state index is 0.0570. The highest BCUT2D eigenvalue weighted by atomic mass is 16.2. The van der Waals surface area contributed by atoms with Crippen LogP contribution >= 0.6 is 0 Å². The smallest absolute Gasteiger partial charge is 0.274 e. The number of likely N-dealkylation sites (tertiary alicyclic amines) is 1. The number of aromatic nitrogens is 1. The van der Waals surface area contributed by atoms with Crippen molar-refractivity contribution in [3.8, 4) is 0 Å². The van der Waals surface area contributed by atoms with Crippen molar-refractivity contribution in [2.75, 3.05) is 29.9 Å². The molecule has 0 saturated carbocycles. The number of carbonyl (C=O) groups excluding carboxylic acids is 3. The molecule has 3 heterocycles. The molecule has 1 unspecified atom stereocenters. The highest BCUT2D eigenvalue weighted by Gasteiger charge is 2.35. The second-order valence-corrected chi connectivity index (χ2v) is 8.64. The van der Waals surface area contributed by atoms with E-state index in [0.29, 0.717) is 18.7 Å². The zero-order valence-electron chi connectivity index (χ0n) is 18.5. The Kier molecular flexibility index (Phi) is 6.12. The fourth-order valence-corrected chi connectivity index (χ4v) is 4.29. The van der Waals surface area contributed by atoms with Crippen LogP contribution in [0.1, 0.15) is 41.6 Å². The molecule has 0 aliphatic carbocycles. The Morgan fingerprint density at radius 1 is 1.03 bits per heavy atom. The van der Waals surface area contributed by atoms with Gasteiger partial charge in [-0.1, -0.05) is 17.7 Å². The maximum atomic E-state index is 12.9. The van der Waals surface area contributed by atoms with Crippen LogP contribution in [0.5, 0.6) is 0 Å². The van der Waals surface area contributed by atoms with E-state index in [-0.39, 0.29) is 30.5 Å². The molecule has 3 amide bonds. The van der Waals surface area contributed by atoms with E-state index >= 15 is 0 Å². The topological polar surface area (TPSA) is 91.7 Å². The van der Waals surface area contributed by atoms with E-state index < -0.39 is 17.4 Å². The SMILES string of the molecule is Cc1ccc(N2CC(C(=O)Nc3cc(C(=O)N4CCCCC4)cn(C)c3=O)CC2=O)cc1. The fraction of sp³-hybridized carbons (Fsp3) is 0.417. The predicted molar refractivity (Wildman–Crippen MR) is 122 cm³/mol. The third-order valence-corrected chi connectivity index (χ3v) is 6.17. The lowest BCUT2D eigenvalue weighted by Crippen LogP contribution is -2.37. The molecule has 1 aromatic carbocycles. The second kappa shape index (κ2) is 8.98. The van der Waals surface area contributed by atoms with Crippen LogP contribution in [-0.2, 0) is 16.6 Å². The number of piperidine rings is 1. The summed E-state index contributed by atoms with van der Waals surface area (Å²) in [6.07, 6.45) is 4.63. The summed E-state index contributed by atoms with van der Waals surface area (Å²) < 4.78 is 1.31. The van der Waals surface area contributed by atoms with Gasteiger partial charge in [0.2, 0.25) is 11.8 Å². The summed E-state index contributed by atoms with van der Waals surface area (Å²) >= 11 is 0. The molecule has 1 N–H and O–H groups in total. The Hall–Kier alpha value is -3.42. The van der Waals surface area contributed by atoms with E-state index in [1.807, 2.05) is 31.2 Å². The highest BCUT2D eigenvalue weighted by molar-refractivity contribution is 6.04. The summed E-state index contributed by atoms with van der Waals surface area (Å²) in [6, 6.07) is 9.01. The number of rotatable bonds is 4. The number of hydrogen-bond donors (Lipinski definition) is 1. The van der Waals surface area contributed by atoms with Gasteiger partial charge in [0.05, 0.1) is 11.5 Å². The molecule has 8 nitrogen and oxygen atoms in total. The van der Waals surface area contributed by atoms with Gasteiger partial charge < -0.3 is 19.7 Å². The van der Waals surface area contributed by atoms with Crippen molar-refractivity contribution in [3.05, 3.63) is 58.0 Å². The molecular weight excluding hydrogens is 408 g/mol. The largest absolute Gasteiger partial charge is 0.339 e. The number of benzene rings is 1. The molecule has 1 aromatic heterocycles. The zero-order valence-corrected chi connectivity index (χ0v) is 18.5. The van der Waals surface area contributed by atoms with E-state index in [2.05, 4.69) is 5.32 Å². The molecule has 0 spiro atoms. The molecule has 2 fully saturated rings. The Labute approximate surface area is 186 Å². The van der Waals surface area contributed by atoms with Crippen molar-refractivity contribution < 1.29 is 14.4 Å². The van der Waals surface area contributed by atoms with E-state index in [9.17, 15) is 19.2 Å². The molecule has 4 rings (SSSR count). The van der Waals surface area contributed by atoms with Crippen LogP contribution in [0.25, 0.3) is 0 Å². The zero-order chi connectivity index (χ0) is 22.8. The molecule has 1 atom stereocenters. The molecular formula is C24H28N4O4. The first-order valence-electron chi connectivity index (χ1n) is 11.0. The fourth-order valence-electron chi connectivity index (χ4n) is 4.29. The lowest BCUT2D eigenvalue weighted by atomic mass is 10.1. The van der Waals surface area contributed by atoms with Crippen LogP contribution in [0.15, 0.2) is 41.3 Å². The number of pyridine rings is 1. The van der Waals surface area contributed by atoms with Gasteiger partial charge >= 0.3 is 0 Å². The molecule has 168 valence electrons. The van der Waals surface area contributed by atoms with E-state index in [0.717, 1.165) is 30.5 Å². The lowest BCUT2D eigenvalue weighted by Gasteiger charge is -2.27. The molecule has 32 heavy (non-hydrogen) atoms. The minimum atomic E-state index is -0.574. The van der Waals surface area contributed by atoms with Gasteiger partial charge in [-0.25, -0.2) is 0 Å². The number of hydrogen-bond acceptors (Lipinski definition) is 4. The van der Waals surface area contributed by atoms with Gasteiger partial charge in [-0.05, 0) is 44.4 Å². The van der Waals surface area contributed by atoms with Crippen molar-refractivity contribution in [1.29, 1.82) is 0 Å². The summed E-state index contributed by atoms with van der Waals surface area (Å²) in [5.74, 6) is -1.24. The monoisotopic (exact) mass is 436 g/mol. The molecule has 2 saturated heterocycles. The summed E-state index contributed by atoms with van der Waals surface area (Å²) in [6.45, 7) is 3.61. The third-order valence-electron chi connectivity index (χ3n) is 6.17. The van der Waals surface area contributed by atoms with Crippen LogP contribution in [0.4, 0.5) is 11.4 Å². The van der Waals surface area contributed by atoms with Gasteiger partial charge in [-0.2, -0.15) is 0 Å². The van der Waals surface area contributed by atoms with Crippen LogP contribution < -0.4 is 15.8 Å². The summed E-state index contributed by atoms with van der Waals surface area (Å²) in [7, 11) is 1.56. The molecule has 0 radical (unpaired) electrons. The van der Waals surface area contributed by atoms with E-state index in [1.165, 1.54) is 16.8 Å². The van der Waals surface area contributed by atoms with Crippen LogP contribution in [-0.4, -0.2) is 46.8 Å². The van der Waals surface area contributed by atoms with Gasteiger partial charge in [-0.15, -0.1) is 0 Å². The van der Waals surface area contributed by atoms with Gasteiger partial charge in [-0.3, -0.25) is 19.2 Å². The normalized spacial score (nSPS) is 18.7. The van der Waals surface area contributed by atoms with Crippen molar-refractivity contribution >= 4 is 29.1 Å². The van der Waals surface area contributed by atoms with E-state index in [1.54, 1.807) is 16.8 Å². The average Bonchev–Trinajstić information content (AvgIpc) is 3.19. The number of nitrogens with zero attached hydrogens (tertiary/aromatic N) is 3. The predicted octanol–water partition coefficient (Wildman–Crippen LogP) is 2.31. The molecule has 0 bridgehead atoms.